The van der Waals surface area contributed by atoms with Crippen molar-refractivity contribution < 1.29 is 17.9 Å². The molecule has 0 spiro atoms. The number of rotatable bonds is 6. The van der Waals surface area contributed by atoms with E-state index in [-0.39, 0.29) is 17.5 Å². The van der Waals surface area contributed by atoms with Crippen LogP contribution in [0, 0.1) is 5.92 Å². The molecule has 0 aromatic heterocycles. The van der Waals surface area contributed by atoms with Crippen molar-refractivity contribution in [3.8, 4) is 5.75 Å². The first-order chi connectivity index (χ1) is 13.3. The lowest BCUT2D eigenvalue weighted by Crippen LogP contribution is -2.40. The largest absolute Gasteiger partial charge is 0.497 e. The zero-order valence-electron chi connectivity index (χ0n) is 15.4. The van der Waals surface area contributed by atoms with Crippen LogP contribution in [0.5, 0.6) is 5.75 Å². The van der Waals surface area contributed by atoms with E-state index in [1.807, 2.05) is 0 Å². The van der Waals surface area contributed by atoms with E-state index in [4.69, 9.17) is 27.9 Å². The smallest absolute Gasteiger partial charge is 0.218 e. The van der Waals surface area contributed by atoms with Crippen molar-refractivity contribution in [1.29, 1.82) is 0 Å². The van der Waals surface area contributed by atoms with Crippen LogP contribution >= 0.6 is 23.2 Å². The quantitative estimate of drug-likeness (QED) is 0.621. The summed E-state index contributed by atoms with van der Waals surface area (Å²) >= 11 is 11.9. The van der Waals surface area contributed by atoms with Crippen LogP contribution in [-0.2, 0) is 15.8 Å². The molecule has 0 bridgehead atoms. The van der Waals surface area contributed by atoms with E-state index in [0.717, 1.165) is 0 Å². The van der Waals surface area contributed by atoms with Crippen molar-refractivity contribution in [3.63, 3.8) is 0 Å². The number of sulfonamides is 1. The van der Waals surface area contributed by atoms with Gasteiger partial charge in [-0.25, -0.2) is 12.7 Å². The Kier molecular flexibility index (Phi) is 6.65. The van der Waals surface area contributed by atoms with Crippen LogP contribution in [0.25, 0.3) is 0 Å². The summed E-state index contributed by atoms with van der Waals surface area (Å²) in [5.41, 5.74) is 1.21. The van der Waals surface area contributed by atoms with Gasteiger partial charge in [-0.15, -0.1) is 0 Å². The molecule has 0 aliphatic carbocycles. The Hall–Kier alpha value is -1.60. The van der Waals surface area contributed by atoms with Crippen molar-refractivity contribution >= 4 is 39.0 Å². The molecule has 5 nitrogen and oxygen atoms in total. The van der Waals surface area contributed by atoms with Crippen LogP contribution in [0.3, 0.4) is 0 Å². The summed E-state index contributed by atoms with van der Waals surface area (Å²) in [4.78, 5) is 12.7. The maximum atomic E-state index is 12.7. The summed E-state index contributed by atoms with van der Waals surface area (Å²) in [6.07, 6.45) is 1.01. The van der Waals surface area contributed by atoms with Crippen molar-refractivity contribution in [2.75, 3.05) is 20.2 Å². The van der Waals surface area contributed by atoms with Crippen LogP contribution in [0.4, 0.5) is 0 Å². The Balaban J connectivity index is 1.61. The highest BCUT2D eigenvalue weighted by Crippen LogP contribution is 2.27. The van der Waals surface area contributed by atoms with Crippen molar-refractivity contribution in [2.45, 2.75) is 18.6 Å². The molecule has 0 atom stereocenters. The second kappa shape index (κ2) is 8.82. The minimum Gasteiger partial charge on any atom is -0.497 e. The molecule has 1 heterocycles. The Bertz CT molecular complexity index is 953. The summed E-state index contributed by atoms with van der Waals surface area (Å²) in [6.45, 7) is 0.659. The summed E-state index contributed by atoms with van der Waals surface area (Å²) in [5, 5.41) is 0.721. The number of carbonyl (C=O) groups is 1. The third kappa shape index (κ3) is 4.87. The van der Waals surface area contributed by atoms with Gasteiger partial charge in [0.2, 0.25) is 10.0 Å². The van der Waals surface area contributed by atoms with Gasteiger partial charge in [-0.1, -0.05) is 29.3 Å². The third-order valence-corrected chi connectivity index (χ3v) is 7.51. The first kappa shape index (κ1) is 21.1. The summed E-state index contributed by atoms with van der Waals surface area (Å²) < 4.78 is 32.0. The number of benzene rings is 2. The number of nitrogens with zero attached hydrogens (tertiary/aromatic N) is 1. The normalized spacial score (nSPS) is 16.1. The minimum absolute atomic E-state index is 0.0455. The number of carbonyl (C=O) groups excluding carboxylic acids is 1. The molecular weight excluding hydrogens is 421 g/mol. The van der Waals surface area contributed by atoms with Gasteiger partial charge in [-0.3, -0.25) is 4.79 Å². The van der Waals surface area contributed by atoms with E-state index in [1.165, 1.54) is 4.31 Å². The van der Waals surface area contributed by atoms with Crippen molar-refractivity contribution in [3.05, 3.63) is 63.6 Å². The fourth-order valence-corrected chi connectivity index (χ4v) is 5.19. The van der Waals surface area contributed by atoms with Gasteiger partial charge in [0.15, 0.2) is 5.78 Å². The molecule has 3 rings (SSSR count). The average molecular weight is 442 g/mol. The van der Waals surface area contributed by atoms with E-state index >= 15 is 0 Å². The highest BCUT2D eigenvalue weighted by molar-refractivity contribution is 7.88. The van der Waals surface area contributed by atoms with E-state index in [1.54, 1.807) is 49.6 Å². The summed E-state index contributed by atoms with van der Waals surface area (Å²) in [7, 11) is -1.91. The Morgan fingerprint density at radius 3 is 2.29 bits per heavy atom. The van der Waals surface area contributed by atoms with Crippen LogP contribution < -0.4 is 4.74 Å². The molecule has 0 N–H and O–H groups in total. The van der Waals surface area contributed by atoms with Crippen LogP contribution in [0.2, 0.25) is 10.0 Å². The Labute approximate surface area is 175 Å². The SMILES string of the molecule is COc1ccc(C(=O)C2CCN(S(=O)(=O)Cc3ccc(Cl)c(Cl)c3)CC2)cc1. The topological polar surface area (TPSA) is 63.7 Å². The predicted octanol–water partition coefficient (Wildman–Crippen LogP) is 4.43. The molecule has 2 aromatic rings. The van der Waals surface area contributed by atoms with Gasteiger partial charge >= 0.3 is 0 Å². The molecule has 1 aliphatic rings. The minimum atomic E-state index is -3.48. The monoisotopic (exact) mass is 441 g/mol. The fourth-order valence-electron chi connectivity index (χ4n) is 3.32. The molecule has 1 saturated heterocycles. The second-order valence-corrected chi connectivity index (χ2v) is 9.55. The molecule has 28 heavy (non-hydrogen) atoms. The number of methoxy groups -OCH3 is 1. The van der Waals surface area contributed by atoms with Gasteiger partial charge in [0.05, 0.1) is 22.9 Å². The van der Waals surface area contributed by atoms with Gasteiger partial charge in [-0.2, -0.15) is 0 Å². The first-order valence-corrected chi connectivity index (χ1v) is 11.3. The van der Waals surface area contributed by atoms with E-state index in [0.29, 0.717) is 52.9 Å². The fraction of sp³-hybridized carbons (Fsp3) is 0.350. The zero-order chi connectivity index (χ0) is 20.3. The van der Waals surface area contributed by atoms with Gasteiger partial charge in [0.1, 0.15) is 5.75 Å². The molecule has 1 aliphatic heterocycles. The zero-order valence-corrected chi connectivity index (χ0v) is 17.7. The lowest BCUT2D eigenvalue weighted by Gasteiger charge is -2.30. The van der Waals surface area contributed by atoms with E-state index < -0.39 is 10.0 Å². The molecule has 150 valence electrons. The number of ketones is 1. The Morgan fingerprint density at radius 1 is 1.07 bits per heavy atom. The number of Topliss-reactive ketones (excluding diaryl/α,β-unsaturated/α-hetero) is 1. The van der Waals surface area contributed by atoms with Gasteiger partial charge in [-0.05, 0) is 54.8 Å². The number of halogens is 2. The molecule has 0 saturated carbocycles. The van der Waals surface area contributed by atoms with Crippen molar-refractivity contribution in [2.24, 2.45) is 5.92 Å². The molecule has 0 amide bonds. The first-order valence-electron chi connectivity index (χ1n) is 8.90. The number of hydrogen-bond donors (Lipinski definition) is 0. The maximum absolute atomic E-state index is 12.7. The second-order valence-electron chi connectivity index (χ2n) is 6.77. The third-order valence-electron chi connectivity index (χ3n) is 4.93. The molecule has 8 heteroatoms. The molecule has 2 aromatic carbocycles. The van der Waals surface area contributed by atoms with Crippen LogP contribution in [0.1, 0.15) is 28.8 Å². The molecular formula is C20H21Cl2NO4S. The summed E-state index contributed by atoms with van der Waals surface area (Å²) in [5.74, 6) is 0.426. The average Bonchev–Trinajstić information content (AvgIpc) is 2.70. The van der Waals surface area contributed by atoms with E-state index in [9.17, 15) is 13.2 Å². The van der Waals surface area contributed by atoms with Crippen molar-refractivity contribution in [1.82, 2.24) is 4.31 Å². The molecule has 0 radical (unpaired) electrons. The molecule has 0 unspecified atom stereocenters. The molecule has 1 fully saturated rings. The standard InChI is InChI=1S/C20H21Cl2NO4S/c1-27-17-5-3-15(4-6-17)20(24)16-8-10-23(11-9-16)28(25,26)13-14-2-7-18(21)19(22)12-14/h2-7,12,16H,8-11,13H2,1H3. The number of piperidine rings is 1. The predicted molar refractivity (Wildman–Crippen MR) is 111 cm³/mol. The van der Waals surface area contributed by atoms with Crippen LogP contribution in [-0.4, -0.2) is 38.7 Å². The summed E-state index contributed by atoms with van der Waals surface area (Å²) in [6, 6.07) is 11.8. The Morgan fingerprint density at radius 2 is 1.71 bits per heavy atom. The maximum Gasteiger partial charge on any atom is 0.218 e. The number of hydrogen-bond acceptors (Lipinski definition) is 4. The van der Waals surface area contributed by atoms with Gasteiger partial charge < -0.3 is 4.74 Å². The number of ether oxygens (including phenoxy) is 1. The van der Waals surface area contributed by atoms with Gasteiger partial charge in [0, 0.05) is 24.6 Å². The lowest BCUT2D eigenvalue weighted by atomic mass is 9.89. The van der Waals surface area contributed by atoms with E-state index in [2.05, 4.69) is 0 Å². The highest BCUT2D eigenvalue weighted by atomic mass is 35.5. The highest BCUT2D eigenvalue weighted by Gasteiger charge is 2.31. The van der Waals surface area contributed by atoms with Gasteiger partial charge in [0.25, 0.3) is 0 Å². The lowest BCUT2D eigenvalue weighted by molar-refractivity contribution is 0.0875. The van der Waals surface area contributed by atoms with Crippen LogP contribution in [0.15, 0.2) is 42.5 Å².